The summed E-state index contributed by atoms with van der Waals surface area (Å²) in [4.78, 5) is 63.0. The lowest BCUT2D eigenvalue weighted by atomic mass is 10.0. The average molecular weight is 332 g/mol. The van der Waals surface area contributed by atoms with Crippen molar-refractivity contribution in [3.05, 3.63) is 28.1 Å². The molecule has 0 radical (unpaired) electrons. The number of rotatable bonds is 2. The number of H-pyrrole nitrogens is 1. The molecule has 2 heterocycles. The number of hydrogen-bond acceptors (Lipinski definition) is 6. The predicted octanol–water partition coefficient (Wildman–Crippen LogP) is -0.934. The number of hydrogen-bond donors (Lipinski definition) is 4. The van der Waals surface area contributed by atoms with Gasteiger partial charge in [-0.1, -0.05) is 0 Å². The SMILES string of the molecule is CC(=O)N=C1C=C(c2cc(NC(C)=O)c(=O)[nH]c2O)C(=O)NC1=O. The normalized spacial score (nSPS) is 15.8. The number of carbonyl (C=O) groups is 4. The third-order valence-corrected chi connectivity index (χ3v) is 2.88. The lowest BCUT2D eigenvalue weighted by molar-refractivity contribution is -0.124. The number of imide groups is 1. The molecule has 0 bridgehead atoms. The Morgan fingerprint density at radius 2 is 1.83 bits per heavy atom. The van der Waals surface area contributed by atoms with Gasteiger partial charge in [-0.25, -0.2) is 4.99 Å². The molecule has 2 rings (SSSR count). The van der Waals surface area contributed by atoms with Crippen LogP contribution in [0.4, 0.5) is 5.69 Å². The van der Waals surface area contributed by atoms with Gasteiger partial charge in [-0.2, -0.15) is 0 Å². The molecule has 0 saturated heterocycles. The van der Waals surface area contributed by atoms with Gasteiger partial charge in [0.05, 0.1) is 5.57 Å². The summed E-state index contributed by atoms with van der Waals surface area (Å²) in [6.45, 7) is 2.30. The summed E-state index contributed by atoms with van der Waals surface area (Å²) in [5.41, 5.74) is -1.68. The number of aromatic hydroxyl groups is 1. The van der Waals surface area contributed by atoms with Gasteiger partial charge in [0.25, 0.3) is 17.4 Å². The van der Waals surface area contributed by atoms with Gasteiger partial charge >= 0.3 is 0 Å². The van der Waals surface area contributed by atoms with E-state index in [1.54, 1.807) is 0 Å². The number of amides is 4. The van der Waals surface area contributed by atoms with Gasteiger partial charge < -0.3 is 10.4 Å². The van der Waals surface area contributed by atoms with Crippen LogP contribution in [0.5, 0.6) is 5.88 Å². The first kappa shape index (κ1) is 16.8. The Morgan fingerprint density at radius 1 is 1.17 bits per heavy atom. The first-order valence-corrected chi connectivity index (χ1v) is 6.60. The van der Waals surface area contributed by atoms with E-state index in [0.29, 0.717) is 0 Å². The number of nitrogens with one attached hydrogen (secondary N) is 3. The van der Waals surface area contributed by atoms with Crippen molar-refractivity contribution in [1.29, 1.82) is 0 Å². The number of aromatic nitrogens is 1. The highest BCUT2D eigenvalue weighted by atomic mass is 16.3. The van der Waals surface area contributed by atoms with Gasteiger partial charge in [0.15, 0.2) is 5.88 Å². The summed E-state index contributed by atoms with van der Waals surface area (Å²) >= 11 is 0. The number of nitrogens with zero attached hydrogens (tertiary/aromatic N) is 1. The van der Waals surface area contributed by atoms with E-state index in [9.17, 15) is 29.1 Å². The van der Waals surface area contributed by atoms with Crippen LogP contribution in [0.3, 0.4) is 0 Å². The molecule has 0 aromatic carbocycles. The Balaban J connectivity index is 2.62. The van der Waals surface area contributed by atoms with Gasteiger partial charge in [-0.15, -0.1) is 0 Å². The second-order valence-electron chi connectivity index (χ2n) is 4.81. The third kappa shape index (κ3) is 3.43. The summed E-state index contributed by atoms with van der Waals surface area (Å²) in [5, 5.41) is 14.1. The topological polar surface area (TPSA) is 158 Å². The van der Waals surface area contributed by atoms with Crippen molar-refractivity contribution in [1.82, 2.24) is 10.3 Å². The standard InChI is InChI=1S/C14H12N4O6/c1-5(19)15-9-3-7(11(21)17-13(9)23)8-4-10(16-6(2)20)14(24)18-12(8)22/h3-4H,1-2H3,(H,15,19)(H2,17,21,23)(H,18,22,24). The highest BCUT2D eigenvalue weighted by Crippen LogP contribution is 2.26. The molecule has 4 amide bonds. The van der Waals surface area contributed by atoms with E-state index in [0.717, 1.165) is 19.1 Å². The van der Waals surface area contributed by atoms with Gasteiger partial charge in [-0.3, -0.25) is 34.3 Å². The van der Waals surface area contributed by atoms with Gasteiger partial charge in [0, 0.05) is 19.4 Å². The fraction of sp³-hybridized carbons (Fsp3) is 0.143. The Hall–Kier alpha value is -3.56. The lowest BCUT2D eigenvalue weighted by Gasteiger charge is -2.15. The van der Waals surface area contributed by atoms with Crippen molar-refractivity contribution >= 4 is 40.6 Å². The maximum atomic E-state index is 12.0. The molecule has 4 N–H and O–H groups in total. The number of aromatic amines is 1. The molecular weight excluding hydrogens is 320 g/mol. The molecular formula is C14H12N4O6. The molecule has 0 fully saturated rings. The fourth-order valence-corrected chi connectivity index (χ4v) is 1.96. The molecule has 1 aliphatic rings. The zero-order chi connectivity index (χ0) is 18.0. The van der Waals surface area contributed by atoms with Gasteiger partial charge in [-0.05, 0) is 12.1 Å². The van der Waals surface area contributed by atoms with Crippen molar-refractivity contribution in [3.63, 3.8) is 0 Å². The summed E-state index contributed by atoms with van der Waals surface area (Å²) in [5.74, 6) is -3.57. The lowest BCUT2D eigenvalue weighted by Crippen LogP contribution is -2.40. The Kier molecular flexibility index (Phi) is 4.40. The van der Waals surface area contributed by atoms with Crippen LogP contribution in [-0.2, 0) is 19.2 Å². The van der Waals surface area contributed by atoms with Crippen molar-refractivity contribution in [2.45, 2.75) is 13.8 Å². The molecule has 0 unspecified atom stereocenters. The molecule has 1 aliphatic heterocycles. The van der Waals surface area contributed by atoms with E-state index < -0.39 is 35.1 Å². The van der Waals surface area contributed by atoms with E-state index in [4.69, 9.17) is 0 Å². The molecule has 0 saturated carbocycles. The van der Waals surface area contributed by atoms with Crippen molar-refractivity contribution in [2.24, 2.45) is 4.99 Å². The minimum atomic E-state index is -0.870. The maximum Gasteiger partial charge on any atom is 0.276 e. The molecule has 0 spiro atoms. The largest absolute Gasteiger partial charge is 0.494 e. The van der Waals surface area contributed by atoms with Crippen LogP contribution in [0.25, 0.3) is 5.57 Å². The number of aliphatic imine (C=N–C) groups is 1. The van der Waals surface area contributed by atoms with Gasteiger partial charge in [0.1, 0.15) is 11.4 Å². The summed E-state index contributed by atoms with van der Waals surface area (Å²) < 4.78 is 0. The molecule has 10 heteroatoms. The minimum Gasteiger partial charge on any atom is -0.494 e. The van der Waals surface area contributed by atoms with Crippen LogP contribution in [0.15, 0.2) is 21.9 Å². The van der Waals surface area contributed by atoms with Crippen LogP contribution in [0, 0.1) is 0 Å². The van der Waals surface area contributed by atoms with Crippen LogP contribution in [0.2, 0.25) is 0 Å². The predicted molar refractivity (Wildman–Crippen MR) is 82.3 cm³/mol. The molecule has 124 valence electrons. The minimum absolute atomic E-state index is 0.153. The first-order valence-electron chi connectivity index (χ1n) is 6.60. The van der Waals surface area contributed by atoms with Crippen LogP contribution in [0.1, 0.15) is 19.4 Å². The number of anilines is 1. The van der Waals surface area contributed by atoms with Crippen molar-refractivity contribution in [3.8, 4) is 5.88 Å². The molecule has 1 aromatic heterocycles. The molecule has 0 atom stereocenters. The monoisotopic (exact) mass is 332 g/mol. The molecule has 1 aromatic rings. The highest BCUT2D eigenvalue weighted by molar-refractivity contribution is 6.54. The smallest absolute Gasteiger partial charge is 0.276 e. The van der Waals surface area contributed by atoms with E-state index in [1.165, 1.54) is 6.92 Å². The highest BCUT2D eigenvalue weighted by Gasteiger charge is 2.27. The van der Waals surface area contributed by atoms with E-state index in [-0.39, 0.29) is 22.5 Å². The van der Waals surface area contributed by atoms with E-state index >= 15 is 0 Å². The Morgan fingerprint density at radius 3 is 2.42 bits per heavy atom. The van der Waals surface area contributed by atoms with Crippen LogP contribution < -0.4 is 16.2 Å². The quantitative estimate of drug-likeness (QED) is 0.512. The fourth-order valence-electron chi connectivity index (χ4n) is 1.96. The molecule has 24 heavy (non-hydrogen) atoms. The summed E-state index contributed by atoms with van der Waals surface area (Å²) in [7, 11) is 0. The average Bonchev–Trinajstić information content (AvgIpc) is 2.44. The summed E-state index contributed by atoms with van der Waals surface area (Å²) in [6, 6.07) is 1.07. The van der Waals surface area contributed by atoms with Crippen LogP contribution >= 0.6 is 0 Å². The second-order valence-corrected chi connectivity index (χ2v) is 4.81. The van der Waals surface area contributed by atoms with Crippen molar-refractivity contribution in [2.75, 3.05) is 5.32 Å². The molecule has 10 nitrogen and oxygen atoms in total. The Labute approximate surface area is 134 Å². The van der Waals surface area contributed by atoms with E-state index in [1.807, 2.05) is 5.32 Å². The van der Waals surface area contributed by atoms with Gasteiger partial charge in [0.2, 0.25) is 11.8 Å². The van der Waals surface area contributed by atoms with Crippen LogP contribution in [-0.4, -0.2) is 39.4 Å². The Bertz CT molecular complexity index is 893. The second kappa shape index (κ2) is 6.28. The zero-order valence-corrected chi connectivity index (χ0v) is 12.6. The van der Waals surface area contributed by atoms with E-state index in [2.05, 4.69) is 15.3 Å². The zero-order valence-electron chi connectivity index (χ0n) is 12.6. The van der Waals surface area contributed by atoms with Crippen molar-refractivity contribution < 1.29 is 24.3 Å². The number of carbonyl (C=O) groups excluding carboxylic acids is 4. The molecule has 0 aliphatic carbocycles. The maximum absolute atomic E-state index is 12.0. The third-order valence-electron chi connectivity index (χ3n) is 2.88. The number of pyridine rings is 1. The first-order chi connectivity index (χ1) is 11.2. The summed E-state index contributed by atoms with van der Waals surface area (Å²) in [6.07, 6.45) is 1.01.